The zero-order chi connectivity index (χ0) is 22.5. The fourth-order valence-electron chi connectivity index (χ4n) is 5.03. The molecule has 9 heteroatoms. The average molecular weight is 457 g/mol. The number of hydrogen-bond acceptors (Lipinski definition) is 5. The lowest BCUT2D eigenvalue weighted by Crippen LogP contribution is -2.58. The van der Waals surface area contributed by atoms with Crippen LogP contribution in [0.5, 0.6) is 0 Å². The number of hydrogen-bond donors (Lipinski definition) is 1. The summed E-state index contributed by atoms with van der Waals surface area (Å²) in [5, 5.41) is 2.82. The predicted molar refractivity (Wildman–Crippen MR) is 118 cm³/mol. The number of nitrogens with zero attached hydrogens (tertiary/aromatic N) is 3. The number of imide groups is 1. The van der Waals surface area contributed by atoms with E-state index >= 15 is 0 Å². The van der Waals surface area contributed by atoms with Crippen molar-refractivity contribution in [1.82, 2.24) is 10.2 Å². The molecule has 3 heterocycles. The minimum atomic E-state index is -0.659. The molecule has 0 unspecified atom stereocenters. The van der Waals surface area contributed by atoms with Crippen molar-refractivity contribution in [3.05, 3.63) is 59.4 Å². The van der Waals surface area contributed by atoms with Gasteiger partial charge in [-0.15, -0.1) is 0 Å². The third-order valence-electron chi connectivity index (χ3n) is 6.76. The second-order valence-electron chi connectivity index (χ2n) is 8.38. The quantitative estimate of drug-likeness (QED) is 0.719. The fraction of sp³-hybridized carbons (Fsp3) is 0.348. The molecule has 1 N–H and O–H groups in total. The van der Waals surface area contributed by atoms with E-state index in [1.54, 1.807) is 0 Å². The van der Waals surface area contributed by atoms with Gasteiger partial charge in [0.15, 0.2) is 0 Å². The Balaban J connectivity index is 1.33. The monoisotopic (exact) mass is 456 g/mol. The number of benzene rings is 2. The topological polar surface area (TPSA) is 73.0 Å². The molecule has 3 aliphatic rings. The smallest absolute Gasteiger partial charge is 0.251 e. The average Bonchev–Trinajstić information content (AvgIpc) is 3.27. The van der Waals surface area contributed by atoms with Crippen LogP contribution in [0.15, 0.2) is 48.5 Å². The van der Waals surface area contributed by atoms with Crippen molar-refractivity contribution in [2.75, 3.05) is 29.6 Å². The van der Waals surface area contributed by atoms with Gasteiger partial charge in [0.1, 0.15) is 11.4 Å². The molecule has 0 aromatic heterocycles. The molecule has 0 bridgehead atoms. The van der Waals surface area contributed by atoms with E-state index in [0.717, 1.165) is 16.7 Å². The van der Waals surface area contributed by atoms with E-state index < -0.39 is 17.4 Å². The second kappa shape index (κ2) is 7.86. The maximum absolute atomic E-state index is 13.5. The van der Waals surface area contributed by atoms with E-state index in [-0.39, 0.29) is 34.9 Å². The first-order valence-electron chi connectivity index (χ1n) is 10.6. The highest BCUT2D eigenvalue weighted by molar-refractivity contribution is 6.31. The van der Waals surface area contributed by atoms with Gasteiger partial charge in [0, 0.05) is 18.8 Å². The highest BCUT2D eigenvalue weighted by atomic mass is 35.5. The minimum Gasteiger partial charge on any atom is -0.339 e. The summed E-state index contributed by atoms with van der Waals surface area (Å²) in [5.74, 6) is -1.29. The lowest BCUT2D eigenvalue weighted by atomic mass is 9.85. The number of halogens is 2. The van der Waals surface area contributed by atoms with E-state index in [9.17, 15) is 18.8 Å². The van der Waals surface area contributed by atoms with Crippen molar-refractivity contribution in [3.63, 3.8) is 0 Å². The van der Waals surface area contributed by atoms with Crippen molar-refractivity contribution in [3.8, 4) is 0 Å². The number of anilines is 2. The molecule has 0 radical (unpaired) electrons. The number of amides is 3. The van der Waals surface area contributed by atoms with Gasteiger partial charge < -0.3 is 10.2 Å². The molecule has 2 aromatic carbocycles. The molecule has 32 heavy (non-hydrogen) atoms. The number of piperidine rings is 1. The number of nitrogens with one attached hydrogen (secondary N) is 1. The van der Waals surface area contributed by atoms with Crippen LogP contribution in [0.4, 0.5) is 15.8 Å². The molecule has 2 aromatic rings. The van der Waals surface area contributed by atoms with Gasteiger partial charge >= 0.3 is 0 Å². The first kappa shape index (κ1) is 20.9. The number of carbonyl (C=O) groups excluding carboxylic acids is 3. The van der Waals surface area contributed by atoms with Gasteiger partial charge in [-0.2, -0.15) is 0 Å². The maximum Gasteiger partial charge on any atom is 0.251 e. The Morgan fingerprint density at radius 2 is 1.72 bits per heavy atom. The molecule has 3 amide bonds. The summed E-state index contributed by atoms with van der Waals surface area (Å²) in [6.07, 6.45) is 1.15. The van der Waals surface area contributed by atoms with Crippen LogP contribution in [0.2, 0.25) is 5.02 Å². The summed E-state index contributed by atoms with van der Waals surface area (Å²) in [5.41, 5.74) is 0.590. The lowest BCUT2D eigenvalue weighted by Gasteiger charge is -2.44. The summed E-state index contributed by atoms with van der Waals surface area (Å²) in [4.78, 5) is 43.7. The predicted octanol–water partition coefficient (Wildman–Crippen LogP) is 2.54. The first-order valence-corrected chi connectivity index (χ1v) is 11.0. The molecule has 3 aliphatic heterocycles. The molecular formula is C23H22ClFN4O3. The maximum atomic E-state index is 13.5. The van der Waals surface area contributed by atoms with Gasteiger partial charge in [-0.1, -0.05) is 29.8 Å². The van der Waals surface area contributed by atoms with Crippen molar-refractivity contribution in [1.29, 1.82) is 0 Å². The van der Waals surface area contributed by atoms with Crippen LogP contribution >= 0.6 is 11.6 Å². The van der Waals surface area contributed by atoms with Crippen molar-refractivity contribution < 1.29 is 18.8 Å². The first-order chi connectivity index (χ1) is 15.4. The number of para-hydroxylation sites is 1. The third kappa shape index (κ3) is 3.25. The van der Waals surface area contributed by atoms with Crippen LogP contribution in [0.25, 0.3) is 0 Å². The van der Waals surface area contributed by atoms with Crippen LogP contribution in [0.3, 0.4) is 0 Å². The molecule has 3 fully saturated rings. The number of carbonyl (C=O) groups is 3. The van der Waals surface area contributed by atoms with Crippen molar-refractivity contribution in [2.45, 2.75) is 30.8 Å². The highest BCUT2D eigenvalue weighted by Gasteiger charge is 2.52. The lowest BCUT2D eigenvalue weighted by molar-refractivity contribution is -0.126. The van der Waals surface area contributed by atoms with E-state index in [4.69, 9.17) is 11.6 Å². The summed E-state index contributed by atoms with van der Waals surface area (Å²) < 4.78 is 13.5. The fourth-order valence-corrected chi connectivity index (χ4v) is 5.21. The van der Waals surface area contributed by atoms with Crippen molar-refractivity contribution >= 4 is 40.7 Å². The summed E-state index contributed by atoms with van der Waals surface area (Å²) >= 11 is 5.84. The minimum absolute atomic E-state index is 0.00240. The zero-order valence-corrected chi connectivity index (χ0v) is 18.0. The Morgan fingerprint density at radius 1 is 1.00 bits per heavy atom. The van der Waals surface area contributed by atoms with Gasteiger partial charge in [0.05, 0.1) is 29.8 Å². The van der Waals surface area contributed by atoms with E-state index in [0.29, 0.717) is 32.6 Å². The molecule has 166 valence electrons. The Kier molecular flexibility index (Phi) is 5.14. The summed E-state index contributed by atoms with van der Waals surface area (Å²) in [7, 11) is 0. The van der Waals surface area contributed by atoms with Crippen LogP contribution in [-0.2, 0) is 14.4 Å². The Labute approximate surface area is 189 Å². The molecule has 7 nitrogen and oxygen atoms in total. The second-order valence-corrected chi connectivity index (χ2v) is 8.79. The van der Waals surface area contributed by atoms with Crippen LogP contribution in [0, 0.1) is 5.82 Å². The van der Waals surface area contributed by atoms with Gasteiger partial charge in [-0.3, -0.25) is 19.3 Å². The van der Waals surface area contributed by atoms with Crippen LogP contribution in [-0.4, -0.2) is 54.0 Å². The summed E-state index contributed by atoms with van der Waals surface area (Å²) in [6, 6.07) is 13.0. The summed E-state index contributed by atoms with van der Waals surface area (Å²) in [6.45, 7) is 1.47. The molecule has 0 aliphatic carbocycles. The van der Waals surface area contributed by atoms with Crippen LogP contribution in [0.1, 0.15) is 19.3 Å². The largest absolute Gasteiger partial charge is 0.339 e. The Bertz CT molecular complexity index is 1090. The zero-order valence-electron chi connectivity index (χ0n) is 17.3. The molecule has 0 saturated carbocycles. The molecule has 5 rings (SSSR count). The van der Waals surface area contributed by atoms with Gasteiger partial charge in [-0.25, -0.2) is 9.29 Å². The Morgan fingerprint density at radius 3 is 2.41 bits per heavy atom. The molecule has 1 spiro atoms. The standard InChI is InChI=1S/C23H22ClFN4O3/c24-17-12-16(6-7-18(17)25)29-20(30)13-19(21(29)31)27-10-8-23(9-11-27)22(32)26-14-28(23)15-4-2-1-3-5-15/h1-7,12,19H,8-11,13-14H2,(H,26,32)/t19-/m1/s1. The third-order valence-corrected chi connectivity index (χ3v) is 7.04. The normalized spacial score (nSPS) is 23.3. The Hall–Kier alpha value is -2.97. The van der Waals surface area contributed by atoms with Gasteiger partial charge in [0.2, 0.25) is 11.8 Å². The molecule has 3 saturated heterocycles. The molecule has 1 atom stereocenters. The van der Waals surface area contributed by atoms with Gasteiger partial charge in [-0.05, 0) is 43.2 Å². The molecular weight excluding hydrogens is 435 g/mol. The number of likely N-dealkylation sites (tertiary alicyclic amines) is 1. The highest BCUT2D eigenvalue weighted by Crippen LogP contribution is 2.38. The van der Waals surface area contributed by atoms with E-state index in [1.807, 2.05) is 35.2 Å². The van der Waals surface area contributed by atoms with E-state index in [1.165, 1.54) is 12.1 Å². The van der Waals surface area contributed by atoms with Crippen LogP contribution < -0.4 is 15.1 Å². The van der Waals surface area contributed by atoms with E-state index in [2.05, 4.69) is 10.2 Å². The number of rotatable bonds is 3. The van der Waals surface area contributed by atoms with Gasteiger partial charge in [0.25, 0.3) is 5.91 Å². The SMILES string of the molecule is O=C1C[C@@H](N2CCC3(CC2)C(=O)NCN3c2ccccc2)C(=O)N1c1ccc(F)c(Cl)c1. The van der Waals surface area contributed by atoms with Crippen molar-refractivity contribution in [2.24, 2.45) is 0 Å².